The van der Waals surface area contributed by atoms with E-state index in [4.69, 9.17) is 9.15 Å². The van der Waals surface area contributed by atoms with Gasteiger partial charge in [-0.1, -0.05) is 0 Å². The Balaban J connectivity index is 1.92. The van der Waals surface area contributed by atoms with E-state index in [-0.39, 0.29) is 17.8 Å². The van der Waals surface area contributed by atoms with E-state index in [0.29, 0.717) is 11.2 Å². The van der Waals surface area contributed by atoms with Crippen LogP contribution in [0.25, 0.3) is 0 Å². The fourth-order valence-electron chi connectivity index (χ4n) is 1.50. The second-order valence-electron chi connectivity index (χ2n) is 3.59. The summed E-state index contributed by atoms with van der Waals surface area (Å²) in [5.74, 6) is 0.0278. The number of thiophene rings is 1. The van der Waals surface area contributed by atoms with Crippen LogP contribution in [0.1, 0.15) is 22.2 Å². The predicted octanol–water partition coefficient (Wildman–Crippen LogP) is 3.22. The summed E-state index contributed by atoms with van der Waals surface area (Å²) in [6.45, 7) is 0.407. The van der Waals surface area contributed by atoms with Gasteiger partial charge >= 0.3 is 0 Å². The fraction of sp³-hybridized carbons (Fsp3) is 0.250. The Hall–Kier alpha value is -1.11. The third-order valence-corrected chi connectivity index (χ3v) is 3.57. The Bertz CT molecular complexity index is 509. The molecule has 0 saturated heterocycles. The molecular weight excluding hydrogens is 318 g/mol. The zero-order chi connectivity index (χ0) is 13.0. The number of amides is 1. The van der Waals surface area contributed by atoms with Crippen molar-refractivity contribution >= 4 is 33.2 Å². The van der Waals surface area contributed by atoms with Crippen molar-refractivity contribution in [1.82, 2.24) is 5.32 Å². The van der Waals surface area contributed by atoms with Gasteiger partial charge < -0.3 is 14.5 Å². The Labute approximate surface area is 117 Å². The van der Waals surface area contributed by atoms with E-state index >= 15 is 0 Å². The zero-order valence-electron chi connectivity index (χ0n) is 9.68. The van der Waals surface area contributed by atoms with Crippen LogP contribution in [-0.2, 0) is 4.74 Å². The molecule has 4 nitrogen and oxygen atoms in total. The third-order valence-electron chi connectivity index (χ3n) is 2.44. The Morgan fingerprint density at radius 3 is 2.94 bits per heavy atom. The van der Waals surface area contributed by atoms with Crippen LogP contribution in [0.15, 0.2) is 38.0 Å². The average molecular weight is 330 g/mol. The number of methoxy groups -OCH3 is 1. The molecule has 96 valence electrons. The van der Waals surface area contributed by atoms with Crippen molar-refractivity contribution in [2.45, 2.75) is 6.10 Å². The van der Waals surface area contributed by atoms with Gasteiger partial charge in [-0.3, -0.25) is 4.79 Å². The maximum atomic E-state index is 11.8. The van der Waals surface area contributed by atoms with E-state index in [1.165, 1.54) is 0 Å². The van der Waals surface area contributed by atoms with Gasteiger partial charge in [0, 0.05) is 13.7 Å². The number of hydrogen-bond acceptors (Lipinski definition) is 4. The summed E-state index contributed by atoms with van der Waals surface area (Å²) < 4.78 is 11.0. The lowest BCUT2D eigenvalue weighted by Gasteiger charge is -2.14. The lowest BCUT2D eigenvalue weighted by Crippen LogP contribution is -2.28. The van der Waals surface area contributed by atoms with Gasteiger partial charge in [-0.15, -0.1) is 0 Å². The van der Waals surface area contributed by atoms with Crippen molar-refractivity contribution in [2.24, 2.45) is 0 Å². The van der Waals surface area contributed by atoms with E-state index in [1.807, 2.05) is 16.8 Å². The summed E-state index contributed by atoms with van der Waals surface area (Å²) in [6, 6.07) is 5.28. The fourth-order valence-corrected chi connectivity index (χ4v) is 2.51. The molecule has 2 aromatic rings. The highest BCUT2D eigenvalue weighted by Gasteiger charge is 2.15. The predicted molar refractivity (Wildman–Crippen MR) is 72.8 cm³/mol. The van der Waals surface area contributed by atoms with Crippen molar-refractivity contribution in [3.05, 3.63) is 45.0 Å². The monoisotopic (exact) mass is 329 g/mol. The number of ether oxygens (including phenoxy) is 1. The van der Waals surface area contributed by atoms with Gasteiger partial charge in [0.1, 0.15) is 6.10 Å². The molecule has 0 aliphatic heterocycles. The standard InChI is InChI=1S/C12H12BrNO3S/c1-16-10(8-4-5-18-7-8)6-14-12(15)9-2-3-11(13)17-9/h2-5,7,10H,6H2,1H3,(H,14,15)/t10-/m1/s1. The minimum atomic E-state index is -0.252. The molecule has 0 unspecified atom stereocenters. The summed E-state index contributed by atoms with van der Waals surface area (Å²) in [4.78, 5) is 11.8. The first-order valence-corrected chi connectivity index (χ1v) is 7.02. The van der Waals surface area contributed by atoms with Gasteiger partial charge in [0.15, 0.2) is 10.4 Å². The van der Waals surface area contributed by atoms with Crippen LogP contribution >= 0.6 is 27.3 Å². The van der Waals surface area contributed by atoms with Crippen molar-refractivity contribution in [3.8, 4) is 0 Å². The van der Waals surface area contributed by atoms with Gasteiger partial charge in [0.25, 0.3) is 5.91 Å². The maximum Gasteiger partial charge on any atom is 0.287 e. The molecule has 0 aliphatic rings. The molecule has 0 fully saturated rings. The van der Waals surface area contributed by atoms with Crippen LogP contribution in [0.2, 0.25) is 0 Å². The van der Waals surface area contributed by atoms with Crippen LogP contribution < -0.4 is 5.32 Å². The number of halogens is 1. The molecule has 2 heterocycles. The number of carbonyl (C=O) groups excluding carboxylic acids is 1. The first-order chi connectivity index (χ1) is 8.70. The van der Waals surface area contributed by atoms with Gasteiger partial charge in [-0.2, -0.15) is 11.3 Å². The number of hydrogen-bond donors (Lipinski definition) is 1. The molecule has 0 aromatic carbocycles. The summed E-state index contributed by atoms with van der Waals surface area (Å²) in [5, 5.41) is 6.76. The van der Waals surface area contributed by atoms with E-state index in [9.17, 15) is 4.79 Å². The van der Waals surface area contributed by atoms with E-state index in [0.717, 1.165) is 5.56 Å². The Morgan fingerprint density at radius 2 is 2.39 bits per heavy atom. The highest BCUT2D eigenvalue weighted by Crippen LogP contribution is 2.19. The van der Waals surface area contributed by atoms with Gasteiger partial charge in [-0.05, 0) is 50.5 Å². The summed E-state index contributed by atoms with van der Waals surface area (Å²) >= 11 is 4.76. The first-order valence-electron chi connectivity index (χ1n) is 5.29. The molecule has 18 heavy (non-hydrogen) atoms. The molecule has 0 aliphatic carbocycles. The van der Waals surface area contributed by atoms with E-state index < -0.39 is 0 Å². The molecule has 1 amide bonds. The Morgan fingerprint density at radius 1 is 1.56 bits per heavy atom. The quantitative estimate of drug-likeness (QED) is 0.916. The first kappa shape index (κ1) is 13.3. The van der Waals surface area contributed by atoms with Crippen molar-refractivity contribution < 1.29 is 13.9 Å². The highest BCUT2D eigenvalue weighted by molar-refractivity contribution is 9.10. The summed E-state index contributed by atoms with van der Waals surface area (Å²) in [6.07, 6.45) is -0.140. The Kier molecular flexibility index (Phi) is 4.57. The molecule has 0 radical (unpaired) electrons. The normalized spacial score (nSPS) is 12.3. The smallest absolute Gasteiger partial charge is 0.287 e. The molecule has 2 rings (SSSR count). The van der Waals surface area contributed by atoms with Crippen LogP contribution in [0.4, 0.5) is 0 Å². The van der Waals surface area contributed by atoms with Crippen molar-refractivity contribution in [2.75, 3.05) is 13.7 Å². The van der Waals surface area contributed by atoms with Gasteiger partial charge in [0.2, 0.25) is 0 Å². The molecule has 0 bridgehead atoms. The SMILES string of the molecule is CO[C@H](CNC(=O)c1ccc(Br)o1)c1ccsc1. The second kappa shape index (κ2) is 6.17. The minimum Gasteiger partial charge on any atom is -0.444 e. The van der Waals surface area contributed by atoms with Crippen LogP contribution in [0.5, 0.6) is 0 Å². The van der Waals surface area contributed by atoms with Crippen LogP contribution in [0.3, 0.4) is 0 Å². The topological polar surface area (TPSA) is 51.5 Å². The lowest BCUT2D eigenvalue weighted by molar-refractivity contribution is 0.0807. The number of furan rings is 1. The molecule has 1 atom stereocenters. The number of carbonyl (C=O) groups is 1. The van der Waals surface area contributed by atoms with Crippen LogP contribution in [-0.4, -0.2) is 19.6 Å². The van der Waals surface area contributed by atoms with Gasteiger partial charge in [-0.25, -0.2) is 0 Å². The molecule has 6 heteroatoms. The summed E-state index contributed by atoms with van der Waals surface area (Å²) in [7, 11) is 1.62. The lowest BCUT2D eigenvalue weighted by atomic mass is 10.2. The van der Waals surface area contributed by atoms with Crippen LogP contribution in [0, 0.1) is 0 Å². The molecular formula is C12H12BrNO3S. The molecule has 0 saturated carbocycles. The molecule has 0 spiro atoms. The number of nitrogens with one attached hydrogen (secondary N) is 1. The second-order valence-corrected chi connectivity index (χ2v) is 5.16. The van der Waals surface area contributed by atoms with Crippen molar-refractivity contribution in [1.29, 1.82) is 0 Å². The van der Waals surface area contributed by atoms with Gasteiger partial charge in [0.05, 0.1) is 0 Å². The maximum absolute atomic E-state index is 11.8. The molecule has 2 aromatic heterocycles. The zero-order valence-corrected chi connectivity index (χ0v) is 12.1. The summed E-state index contributed by atoms with van der Waals surface area (Å²) in [5.41, 5.74) is 1.06. The molecule has 1 N–H and O–H groups in total. The highest BCUT2D eigenvalue weighted by atomic mass is 79.9. The number of rotatable bonds is 5. The largest absolute Gasteiger partial charge is 0.444 e. The van der Waals surface area contributed by atoms with E-state index in [2.05, 4.69) is 21.2 Å². The van der Waals surface area contributed by atoms with Crippen molar-refractivity contribution in [3.63, 3.8) is 0 Å². The van der Waals surface area contributed by atoms with E-state index in [1.54, 1.807) is 30.6 Å². The average Bonchev–Trinajstić information content (AvgIpc) is 3.01. The third kappa shape index (κ3) is 3.22. The minimum absolute atomic E-state index is 0.140.